The lowest BCUT2D eigenvalue weighted by atomic mass is 9.95. The van der Waals surface area contributed by atoms with Crippen molar-refractivity contribution in [3.8, 4) is 0 Å². The molecule has 1 N–H and O–H groups in total. The van der Waals surface area contributed by atoms with E-state index in [1.165, 1.54) is 5.56 Å². The monoisotopic (exact) mass is 553 g/mol. The lowest BCUT2D eigenvalue weighted by Crippen LogP contribution is -2.68. The number of hydrogen-bond donors (Lipinski definition) is 1. The summed E-state index contributed by atoms with van der Waals surface area (Å²) in [6.07, 6.45) is 5.36. The van der Waals surface area contributed by atoms with Gasteiger partial charge in [-0.25, -0.2) is 0 Å². The number of carbonyl (C=O) groups excluding carboxylic acids is 1. The maximum absolute atomic E-state index is 13.3. The molecule has 1 amide bonds. The molecule has 0 aliphatic carbocycles. The number of fused-ring (bicyclic) bond motifs is 1. The van der Waals surface area contributed by atoms with E-state index in [1.54, 1.807) is 11.0 Å². The second kappa shape index (κ2) is 10.2. The number of hydrogen-bond acceptors (Lipinski definition) is 5. The zero-order valence-corrected chi connectivity index (χ0v) is 20.0. The van der Waals surface area contributed by atoms with Gasteiger partial charge in [-0.1, -0.05) is 69.6 Å². The number of azide groups is 1. The van der Waals surface area contributed by atoms with Crippen LogP contribution < -0.4 is 5.32 Å². The smallest absolute Gasteiger partial charge is 0.245 e. The molecule has 3 heterocycles. The molecule has 10 heteroatoms. The molecule has 31 heavy (non-hydrogen) atoms. The highest BCUT2D eigenvalue weighted by molar-refractivity contribution is 14.1. The average Bonchev–Trinajstić information content (AvgIpc) is 2.79. The summed E-state index contributed by atoms with van der Waals surface area (Å²) in [6.45, 7) is 2.94. The molecule has 3 aliphatic heterocycles. The zero-order chi connectivity index (χ0) is 21.8. The van der Waals surface area contributed by atoms with Crippen LogP contribution in [0.1, 0.15) is 18.4 Å². The molecule has 0 bridgehead atoms. The van der Waals surface area contributed by atoms with E-state index in [4.69, 9.17) is 17.1 Å². The van der Waals surface area contributed by atoms with Gasteiger partial charge in [0.15, 0.2) is 0 Å². The summed E-state index contributed by atoms with van der Waals surface area (Å²) < 4.78 is 0.530. The first kappa shape index (κ1) is 22.4. The fraction of sp³-hybridized carbons (Fsp3) is 0.476. The quantitative estimate of drug-likeness (QED) is 0.145. The molecule has 4 rings (SSSR count). The number of carbonyl (C=O) groups is 1. The van der Waals surface area contributed by atoms with Crippen LogP contribution in [0.3, 0.4) is 0 Å². The highest BCUT2D eigenvalue weighted by atomic mass is 127. The molecular formula is C21H25ClIN7O. The van der Waals surface area contributed by atoms with Gasteiger partial charge in [-0.2, -0.15) is 0 Å². The Hall–Kier alpha value is -1.78. The maximum atomic E-state index is 13.3. The molecule has 1 unspecified atom stereocenters. The number of dihydropyridines is 1. The van der Waals surface area contributed by atoms with Crippen molar-refractivity contribution in [2.24, 2.45) is 5.11 Å². The van der Waals surface area contributed by atoms with Crippen molar-refractivity contribution in [1.82, 2.24) is 20.0 Å². The van der Waals surface area contributed by atoms with Crippen molar-refractivity contribution in [3.63, 3.8) is 0 Å². The van der Waals surface area contributed by atoms with Gasteiger partial charge in [0.05, 0.1) is 22.8 Å². The van der Waals surface area contributed by atoms with Gasteiger partial charge < -0.3 is 10.2 Å². The van der Waals surface area contributed by atoms with Crippen LogP contribution in [0.2, 0.25) is 0 Å². The zero-order valence-electron chi connectivity index (χ0n) is 17.1. The number of piperazine rings is 1. The van der Waals surface area contributed by atoms with E-state index >= 15 is 0 Å². The third kappa shape index (κ3) is 4.85. The number of rotatable bonds is 6. The van der Waals surface area contributed by atoms with Crippen molar-refractivity contribution in [3.05, 3.63) is 69.3 Å². The summed E-state index contributed by atoms with van der Waals surface area (Å²) in [7, 11) is 0. The summed E-state index contributed by atoms with van der Waals surface area (Å²) in [5, 5.41) is 7.66. The van der Waals surface area contributed by atoms with E-state index < -0.39 is 6.04 Å². The molecule has 0 spiro atoms. The number of nitrogens with zero attached hydrogens (tertiary/aromatic N) is 6. The molecule has 164 valence electrons. The summed E-state index contributed by atoms with van der Waals surface area (Å²) in [5.41, 5.74) is 11.1. The molecule has 2 fully saturated rings. The van der Waals surface area contributed by atoms with Gasteiger partial charge in [-0.05, 0) is 49.2 Å². The second-order valence-electron chi connectivity index (χ2n) is 7.91. The Balaban J connectivity index is 1.54. The number of benzene rings is 1. The van der Waals surface area contributed by atoms with E-state index in [2.05, 4.69) is 72.0 Å². The summed E-state index contributed by atoms with van der Waals surface area (Å²) in [5.74, 6) is -0.0239. The largest absolute Gasteiger partial charge is 0.355 e. The molecule has 0 saturated carbocycles. The van der Waals surface area contributed by atoms with Gasteiger partial charge in [-0.15, -0.1) is 0 Å². The summed E-state index contributed by atoms with van der Waals surface area (Å²) in [4.78, 5) is 22.6. The van der Waals surface area contributed by atoms with Crippen molar-refractivity contribution < 1.29 is 4.79 Å². The van der Waals surface area contributed by atoms with E-state index in [0.717, 1.165) is 38.2 Å². The average molecular weight is 554 g/mol. The highest BCUT2D eigenvalue weighted by Crippen LogP contribution is 2.34. The fourth-order valence-corrected chi connectivity index (χ4v) is 5.57. The predicted molar refractivity (Wildman–Crippen MR) is 129 cm³/mol. The lowest BCUT2D eigenvalue weighted by molar-refractivity contribution is -0.142. The lowest BCUT2D eigenvalue weighted by Gasteiger charge is -2.52. The van der Waals surface area contributed by atoms with Gasteiger partial charge in [0.2, 0.25) is 5.91 Å². The molecule has 1 aromatic carbocycles. The van der Waals surface area contributed by atoms with E-state index in [0.29, 0.717) is 9.71 Å². The molecule has 1 aromatic rings. The summed E-state index contributed by atoms with van der Waals surface area (Å²) >= 11 is 8.51. The van der Waals surface area contributed by atoms with Crippen LogP contribution in [0.5, 0.6) is 0 Å². The number of amides is 1. The van der Waals surface area contributed by atoms with Gasteiger partial charge in [0, 0.05) is 17.5 Å². The number of piperidine rings is 1. The first-order valence-electron chi connectivity index (χ1n) is 10.4. The topological polar surface area (TPSA) is 87.6 Å². The van der Waals surface area contributed by atoms with Crippen molar-refractivity contribution in [2.75, 3.05) is 24.2 Å². The Morgan fingerprint density at radius 2 is 1.97 bits per heavy atom. The predicted octanol–water partition coefficient (Wildman–Crippen LogP) is 3.76. The Labute approximate surface area is 200 Å². The van der Waals surface area contributed by atoms with Gasteiger partial charge in [0.1, 0.15) is 11.3 Å². The van der Waals surface area contributed by atoms with Crippen LogP contribution in [0, 0.1) is 0 Å². The third-order valence-electron chi connectivity index (χ3n) is 6.14. The SMILES string of the molecule is [N-]=[N+]=NC[C@@H]1C(=O)N(CI)C2=CC=C(Cl)NC2N1C1CCN(Cc2ccccc2)CC1. The van der Waals surface area contributed by atoms with Gasteiger partial charge >= 0.3 is 0 Å². The second-order valence-corrected chi connectivity index (χ2v) is 9.00. The molecule has 0 aromatic heterocycles. The number of allylic oxidation sites excluding steroid dienone is 2. The number of nitrogens with one attached hydrogen (secondary N) is 1. The number of halogens is 2. The van der Waals surface area contributed by atoms with Gasteiger partial charge in [-0.3, -0.25) is 14.6 Å². The van der Waals surface area contributed by atoms with Crippen LogP contribution in [0.4, 0.5) is 0 Å². The molecule has 0 radical (unpaired) electrons. The van der Waals surface area contributed by atoms with Crippen molar-refractivity contribution in [1.29, 1.82) is 0 Å². The molecule has 2 atom stereocenters. The summed E-state index contributed by atoms with van der Waals surface area (Å²) in [6, 6.07) is 10.2. The van der Waals surface area contributed by atoms with Crippen LogP contribution in [0.15, 0.2) is 58.5 Å². The minimum atomic E-state index is -0.506. The minimum Gasteiger partial charge on any atom is -0.355 e. The van der Waals surface area contributed by atoms with E-state index in [9.17, 15) is 4.79 Å². The highest BCUT2D eigenvalue weighted by Gasteiger charge is 2.47. The molecule has 3 aliphatic rings. The standard InChI is InChI=1S/C21H25ClIN7O/c22-19-7-6-17-20(26-19)30(18(12-25-27-24)21(31)29(17)14-23)16-8-10-28(11-9-16)13-15-4-2-1-3-5-15/h1-7,16,18,20,26H,8-14H2/t18-,20?/m1/s1. The van der Waals surface area contributed by atoms with E-state index in [-0.39, 0.29) is 24.7 Å². The molecule has 2 saturated heterocycles. The van der Waals surface area contributed by atoms with E-state index in [1.807, 2.05) is 12.1 Å². The first-order valence-corrected chi connectivity index (χ1v) is 12.3. The van der Waals surface area contributed by atoms with Crippen LogP contribution in [-0.4, -0.2) is 63.0 Å². The first-order chi connectivity index (χ1) is 15.1. The van der Waals surface area contributed by atoms with Crippen LogP contribution in [0.25, 0.3) is 10.4 Å². The molecule has 8 nitrogen and oxygen atoms in total. The Bertz CT molecular complexity index is 906. The maximum Gasteiger partial charge on any atom is 0.245 e. The van der Waals surface area contributed by atoms with Crippen molar-refractivity contribution >= 4 is 40.1 Å². The van der Waals surface area contributed by atoms with Crippen LogP contribution in [-0.2, 0) is 11.3 Å². The Morgan fingerprint density at radius 1 is 1.23 bits per heavy atom. The van der Waals surface area contributed by atoms with Gasteiger partial charge in [0.25, 0.3) is 0 Å². The molecular weight excluding hydrogens is 529 g/mol. The minimum absolute atomic E-state index is 0.0239. The van der Waals surface area contributed by atoms with Crippen molar-refractivity contribution in [2.45, 2.75) is 37.6 Å². The normalized spacial score (nSPS) is 25.2. The number of alkyl halides is 1. The third-order valence-corrected chi connectivity index (χ3v) is 7.06. The fourth-order valence-electron chi connectivity index (χ4n) is 4.68. The Morgan fingerprint density at radius 3 is 2.65 bits per heavy atom. The number of likely N-dealkylation sites (tertiary alicyclic amines) is 1. The van der Waals surface area contributed by atoms with Crippen LogP contribution >= 0.6 is 34.2 Å². The Kier molecular flexibility index (Phi) is 7.39.